The molecule has 1 atom stereocenters. The van der Waals surface area contributed by atoms with Crippen LogP contribution >= 0.6 is 0 Å². The van der Waals surface area contributed by atoms with Gasteiger partial charge in [0, 0.05) is 6.42 Å². The van der Waals surface area contributed by atoms with Crippen molar-refractivity contribution in [3.63, 3.8) is 0 Å². The van der Waals surface area contributed by atoms with Crippen molar-refractivity contribution in [2.75, 3.05) is 6.61 Å². The Morgan fingerprint density at radius 3 is 3.07 bits per heavy atom. The second-order valence-electron chi connectivity index (χ2n) is 4.47. The Balaban J connectivity index is 2.30. The molecule has 1 unspecified atom stereocenters. The van der Waals surface area contributed by atoms with E-state index in [9.17, 15) is 0 Å². The number of amidine groups is 1. The van der Waals surface area contributed by atoms with Crippen LogP contribution in [0.25, 0.3) is 0 Å². The van der Waals surface area contributed by atoms with Crippen molar-refractivity contribution in [3.8, 4) is 6.07 Å². The number of hydrogen-bond acceptors (Lipinski definition) is 3. The largest absolute Gasteiger partial charge is 0.370 e. The average molecular weight is 203 g/mol. The Kier molecular flexibility index (Phi) is 2.20. The minimum absolute atomic E-state index is 0.147. The van der Waals surface area contributed by atoms with Crippen molar-refractivity contribution in [3.05, 3.63) is 11.6 Å². The molecule has 1 saturated heterocycles. The summed E-state index contributed by atoms with van der Waals surface area (Å²) in [5, 5.41) is 16.4. The van der Waals surface area contributed by atoms with Crippen LogP contribution in [0.15, 0.2) is 16.6 Å². The van der Waals surface area contributed by atoms with Gasteiger partial charge in [0.15, 0.2) is 0 Å². The number of rotatable bonds is 0. The van der Waals surface area contributed by atoms with Gasteiger partial charge in [-0.1, -0.05) is 6.08 Å². The van der Waals surface area contributed by atoms with E-state index in [4.69, 9.17) is 15.4 Å². The summed E-state index contributed by atoms with van der Waals surface area (Å²) >= 11 is 0. The van der Waals surface area contributed by atoms with Crippen molar-refractivity contribution in [2.24, 2.45) is 10.9 Å². The lowest BCUT2D eigenvalue weighted by Gasteiger charge is -2.34. The summed E-state index contributed by atoms with van der Waals surface area (Å²) in [6.45, 7) is 4.51. The fraction of sp³-hybridized carbons (Fsp3) is 0.545. The van der Waals surface area contributed by atoms with E-state index in [1.165, 1.54) is 0 Å². The highest BCUT2D eigenvalue weighted by Gasteiger charge is 2.32. The molecule has 1 N–H and O–H groups in total. The second-order valence-corrected chi connectivity index (χ2v) is 4.47. The van der Waals surface area contributed by atoms with Gasteiger partial charge >= 0.3 is 0 Å². The van der Waals surface area contributed by atoms with Gasteiger partial charge in [0.1, 0.15) is 11.8 Å². The maximum atomic E-state index is 8.81. The first-order valence-corrected chi connectivity index (χ1v) is 4.92. The first-order valence-electron chi connectivity index (χ1n) is 4.92. The molecule has 0 aromatic rings. The fourth-order valence-electron chi connectivity index (χ4n) is 1.77. The molecular weight excluding hydrogens is 190 g/mol. The highest BCUT2D eigenvalue weighted by Crippen LogP contribution is 2.28. The van der Waals surface area contributed by atoms with Crippen LogP contribution in [-0.2, 0) is 4.74 Å². The van der Waals surface area contributed by atoms with E-state index < -0.39 is 5.92 Å². The van der Waals surface area contributed by atoms with Crippen LogP contribution < -0.4 is 0 Å². The van der Waals surface area contributed by atoms with E-state index in [0.717, 1.165) is 11.3 Å². The predicted octanol–water partition coefficient (Wildman–Crippen LogP) is 1.68. The van der Waals surface area contributed by atoms with E-state index in [-0.39, 0.29) is 11.4 Å². The van der Waals surface area contributed by atoms with Crippen LogP contribution in [0, 0.1) is 22.7 Å². The molecule has 1 fully saturated rings. The van der Waals surface area contributed by atoms with E-state index >= 15 is 0 Å². The molecule has 0 aliphatic carbocycles. The molecule has 2 heterocycles. The molecular formula is C11H13N3O. The van der Waals surface area contributed by atoms with Crippen molar-refractivity contribution >= 4 is 11.5 Å². The summed E-state index contributed by atoms with van der Waals surface area (Å²) in [7, 11) is 0. The highest BCUT2D eigenvalue weighted by molar-refractivity contribution is 6.11. The van der Waals surface area contributed by atoms with Gasteiger partial charge in [-0.15, -0.1) is 0 Å². The third-order valence-corrected chi connectivity index (χ3v) is 2.64. The van der Waals surface area contributed by atoms with Gasteiger partial charge in [0.05, 0.1) is 24.0 Å². The van der Waals surface area contributed by atoms with Gasteiger partial charge in [-0.2, -0.15) is 5.26 Å². The summed E-state index contributed by atoms with van der Waals surface area (Å²) < 4.78 is 5.63. The van der Waals surface area contributed by atoms with Gasteiger partial charge in [-0.3, -0.25) is 5.41 Å². The summed E-state index contributed by atoms with van der Waals surface area (Å²) in [5.41, 5.74) is 1.66. The Morgan fingerprint density at radius 2 is 2.40 bits per heavy atom. The van der Waals surface area contributed by atoms with Crippen LogP contribution in [0.2, 0.25) is 0 Å². The standard InChI is InChI=1S/C11H13N3O/c1-11(2)4-9-8(6-15-11)3-7(5-12)10(13)14-9/h3,7,13H,4,6H2,1-2H3. The number of ether oxygens (including phenoxy) is 1. The zero-order chi connectivity index (χ0) is 11.1. The lowest BCUT2D eigenvalue weighted by Crippen LogP contribution is -2.38. The zero-order valence-electron chi connectivity index (χ0n) is 8.87. The van der Waals surface area contributed by atoms with E-state index in [1.54, 1.807) is 6.08 Å². The number of hydrogen-bond donors (Lipinski definition) is 1. The smallest absolute Gasteiger partial charge is 0.142 e. The molecule has 78 valence electrons. The number of aliphatic imine (C=N–C) groups is 1. The number of nitrogens with one attached hydrogen (secondary N) is 1. The van der Waals surface area contributed by atoms with Crippen LogP contribution in [-0.4, -0.2) is 23.8 Å². The minimum Gasteiger partial charge on any atom is -0.370 e. The molecule has 4 heteroatoms. The molecule has 2 aliphatic rings. The lowest BCUT2D eigenvalue weighted by atomic mass is 9.89. The number of nitrogens with zero attached hydrogens (tertiary/aromatic N) is 2. The molecule has 2 aliphatic heterocycles. The Bertz CT molecular complexity index is 412. The Labute approximate surface area is 88.8 Å². The topological polar surface area (TPSA) is 69.2 Å². The zero-order valence-corrected chi connectivity index (χ0v) is 8.87. The van der Waals surface area contributed by atoms with Crippen molar-refractivity contribution in [1.29, 1.82) is 10.7 Å². The van der Waals surface area contributed by atoms with Crippen molar-refractivity contribution < 1.29 is 4.74 Å². The van der Waals surface area contributed by atoms with E-state index in [2.05, 4.69) is 4.99 Å². The molecule has 0 aromatic carbocycles. The molecule has 0 aromatic heterocycles. The van der Waals surface area contributed by atoms with Gasteiger partial charge in [-0.25, -0.2) is 4.99 Å². The highest BCUT2D eigenvalue weighted by atomic mass is 16.5. The van der Waals surface area contributed by atoms with Gasteiger partial charge in [0.25, 0.3) is 0 Å². The second kappa shape index (κ2) is 3.28. The van der Waals surface area contributed by atoms with Crippen LogP contribution in [0.4, 0.5) is 0 Å². The first kappa shape index (κ1) is 10.1. The molecule has 0 amide bonds. The summed E-state index contributed by atoms with van der Waals surface area (Å²) in [5.74, 6) is -0.359. The number of fused-ring (bicyclic) bond motifs is 1. The average Bonchev–Trinajstić information content (AvgIpc) is 2.15. The third kappa shape index (κ3) is 1.83. The Hall–Kier alpha value is -1.47. The van der Waals surface area contributed by atoms with Gasteiger partial charge in [-0.05, 0) is 19.4 Å². The summed E-state index contributed by atoms with van der Waals surface area (Å²) in [4.78, 5) is 4.18. The van der Waals surface area contributed by atoms with Gasteiger partial charge in [0.2, 0.25) is 0 Å². The maximum absolute atomic E-state index is 8.81. The van der Waals surface area contributed by atoms with Crippen LogP contribution in [0.5, 0.6) is 0 Å². The monoisotopic (exact) mass is 203 g/mol. The SMILES string of the molecule is CC1(C)CC2=NC(=N)C(C#N)C=C2CO1. The lowest BCUT2D eigenvalue weighted by molar-refractivity contribution is -0.00528. The van der Waals surface area contributed by atoms with E-state index in [1.807, 2.05) is 19.9 Å². The number of dihydropyridines is 1. The molecule has 4 nitrogen and oxygen atoms in total. The molecule has 15 heavy (non-hydrogen) atoms. The molecule has 0 radical (unpaired) electrons. The fourth-order valence-corrected chi connectivity index (χ4v) is 1.77. The van der Waals surface area contributed by atoms with Crippen LogP contribution in [0.1, 0.15) is 20.3 Å². The summed E-state index contributed by atoms with van der Waals surface area (Å²) in [6, 6.07) is 2.04. The Morgan fingerprint density at radius 1 is 1.67 bits per heavy atom. The maximum Gasteiger partial charge on any atom is 0.142 e. The summed E-state index contributed by atoms with van der Waals surface area (Å²) in [6.07, 6.45) is 2.50. The molecule has 0 spiro atoms. The quantitative estimate of drug-likeness (QED) is 0.650. The van der Waals surface area contributed by atoms with Crippen molar-refractivity contribution in [1.82, 2.24) is 0 Å². The number of nitriles is 1. The molecule has 0 saturated carbocycles. The normalized spacial score (nSPS) is 28.6. The first-order chi connectivity index (χ1) is 7.02. The van der Waals surface area contributed by atoms with Gasteiger partial charge < -0.3 is 4.74 Å². The molecule has 0 bridgehead atoms. The van der Waals surface area contributed by atoms with Crippen LogP contribution in [0.3, 0.4) is 0 Å². The van der Waals surface area contributed by atoms with Crippen molar-refractivity contribution in [2.45, 2.75) is 25.9 Å². The molecule has 2 rings (SSSR count). The van der Waals surface area contributed by atoms with E-state index in [0.29, 0.717) is 13.0 Å². The minimum atomic E-state index is -0.506. The third-order valence-electron chi connectivity index (χ3n) is 2.64. The predicted molar refractivity (Wildman–Crippen MR) is 57.0 cm³/mol.